The highest BCUT2D eigenvalue weighted by atomic mass is 35.5. The quantitative estimate of drug-likeness (QED) is 0.623. The van der Waals surface area contributed by atoms with Crippen molar-refractivity contribution in [2.45, 2.75) is 38.4 Å². The molecule has 0 spiro atoms. The van der Waals surface area contributed by atoms with Crippen LogP contribution in [0.2, 0.25) is 0 Å². The van der Waals surface area contributed by atoms with Crippen LogP contribution >= 0.6 is 24.8 Å². The zero-order valence-corrected chi connectivity index (χ0v) is 18.4. The number of nitrogens with one attached hydrogen (secondary N) is 1. The van der Waals surface area contributed by atoms with Crippen molar-refractivity contribution in [1.82, 2.24) is 14.9 Å². The number of fused-ring (bicyclic) bond motifs is 3. The number of imidazole rings is 1. The number of hydrogen-bond donors (Lipinski definition) is 2. The van der Waals surface area contributed by atoms with Gasteiger partial charge in [-0.1, -0.05) is 36.4 Å². The number of amides is 1. The number of rotatable bonds is 5. The third-order valence-corrected chi connectivity index (χ3v) is 6.65. The summed E-state index contributed by atoms with van der Waals surface area (Å²) in [4.78, 5) is 17.1. The van der Waals surface area contributed by atoms with Crippen LogP contribution < -0.4 is 11.1 Å². The summed E-state index contributed by atoms with van der Waals surface area (Å²) in [5.41, 5.74) is 10.8. The second kappa shape index (κ2) is 9.38. The average Bonchev–Trinajstić information content (AvgIpc) is 3.42. The largest absolute Gasteiger partial charge is 0.352 e. The molecule has 3 N–H and O–H groups in total. The molecule has 2 bridgehead atoms. The van der Waals surface area contributed by atoms with Gasteiger partial charge in [0.15, 0.2) is 0 Å². The van der Waals surface area contributed by atoms with Crippen LogP contribution in [-0.2, 0) is 17.9 Å². The molecule has 2 fully saturated rings. The lowest BCUT2D eigenvalue weighted by molar-refractivity contribution is -0.127. The second-order valence-corrected chi connectivity index (χ2v) is 8.33. The summed E-state index contributed by atoms with van der Waals surface area (Å²) in [7, 11) is 0. The van der Waals surface area contributed by atoms with Crippen LogP contribution in [0.5, 0.6) is 0 Å². The maximum Gasteiger partial charge on any atom is 0.225 e. The fourth-order valence-corrected chi connectivity index (χ4v) is 5.13. The maximum absolute atomic E-state index is 12.6. The first kappa shape index (κ1) is 22.6. The van der Waals surface area contributed by atoms with Crippen LogP contribution in [-0.4, -0.2) is 21.5 Å². The molecule has 30 heavy (non-hydrogen) atoms. The predicted molar refractivity (Wildman–Crippen MR) is 124 cm³/mol. The minimum absolute atomic E-state index is 0. The third kappa shape index (κ3) is 4.20. The van der Waals surface area contributed by atoms with Gasteiger partial charge in [-0.05, 0) is 54.4 Å². The van der Waals surface area contributed by atoms with Crippen LogP contribution in [0, 0.1) is 17.8 Å². The molecule has 4 unspecified atom stereocenters. The summed E-state index contributed by atoms with van der Waals surface area (Å²) in [6, 6.07) is 16.6. The van der Waals surface area contributed by atoms with E-state index in [4.69, 9.17) is 5.73 Å². The Labute approximate surface area is 189 Å². The molecule has 0 radical (unpaired) electrons. The van der Waals surface area contributed by atoms with Gasteiger partial charge < -0.3 is 15.6 Å². The number of hydrogen-bond acceptors (Lipinski definition) is 3. The Morgan fingerprint density at radius 3 is 2.47 bits per heavy atom. The van der Waals surface area contributed by atoms with E-state index in [0.717, 1.165) is 36.0 Å². The van der Waals surface area contributed by atoms with Gasteiger partial charge >= 0.3 is 0 Å². The first-order valence-electron chi connectivity index (χ1n) is 10.2. The van der Waals surface area contributed by atoms with E-state index in [2.05, 4.69) is 45.2 Å². The first-order valence-corrected chi connectivity index (χ1v) is 10.2. The molecular formula is C23H28Cl2N4O. The van der Waals surface area contributed by atoms with Crippen LogP contribution in [0.1, 0.15) is 30.4 Å². The smallest absolute Gasteiger partial charge is 0.225 e. The molecule has 2 aliphatic carbocycles. The van der Waals surface area contributed by atoms with Gasteiger partial charge in [-0.2, -0.15) is 0 Å². The van der Waals surface area contributed by atoms with Crippen molar-refractivity contribution in [1.29, 1.82) is 0 Å². The summed E-state index contributed by atoms with van der Waals surface area (Å²) in [5.74, 6) is 1.19. The number of nitrogens with two attached hydrogens (primary N) is 1. The number of aromatic nitrogens is 2. The number of carbonyl (C=O) groups excluding carboxylic acids is 1. The normalized spacial score (nSPS) is 24.3. The van der Waals surface area contributed by atoms with Gasteiger partial charge in [-0.3, -0.25) is 4.79 Å². The van der Waals surface area contributed by atoms with Crippen molar-refractivity contribution >= 4 is 41.8 Å². The molecule has 0 saturated heterocycles. The SMILES string of the molecule is Cl.Cl.NC1C2CCC(C2)C1C(=O)NCc1ccc(Cn2cnc3ccccc32)cc1. The van der Waals surface area contributed by atoms with Crippen molar-refractivity contribution in [2.75, 3.05) is 0 Å². The predicted octanol–water partition coefficient (Wildman–Crippen LogP) is 3.92. The molecule has 3 aromatic rings. The average molecular weight is 447 g/mol. The van der Waals surface area contributed by atoms with Crippen LogP contribution in [0.25, 0.3) is 11.0 Å². The van der Waals surface area contributed by atoms with Crippen molar-refractivity contribution in [3.8, 4) is 0 Å². The van der Waals surface area contributed by atoms with Gasteiger partial charge in [0.25, 0.3) is 0 Å². The standard InChI is InChI=1S/C23H26N4O.2ClH/c24-22-18-10-9-17(11-18)21(22)23(28)25-12-15-5-7-16(8-6-15)13-27-14-26-19-3-1-2-4-20(19)27;;/h1-8,14,17-18,21-22H,9-13,24H2,(H,25,28);2*1H. The van der Waals surface area contributed by atoms with Crippen LogP contribution in [0.3, 0.4) is 0 Å². The van der Waals surface area contributed by atoms with E-state index in [9.17, 15) is 4.79 Å². The Balaban J connectivity index is 0.00000128. The Hall–Kier alpha value is -2.08. The zero-order valence-electron chi connectivity index (χ0n) is 16.7. The molecule has 7 heteroatoms. The van der Waals surface area contributed by atoms with Gasteiger partial charge in [0, 0.05) is 19.1 Å². The fraction of sp³-hybridized carbons (Fsp3) is 0.391. The molecule has 0 aliphatic heterocycles. The highest BCUT2D eigenvalue weighted by Gasteiger charge is 2.48. The summed E-state index contributed by atoms with van der Waals surface area (Å²) in [6.07, 6.45) is 5.38. The molecule has 5 nitrogen and oxygen atoms in total. The van der Waals surface area contributed by atoms with Crippen LogP contribution in [0.4, 0.5) is 0 Å². The first-order chi connectivity index (χ1) is 13.7. The Bertz CT molecular complexity index is 1000. The fourth-order valence-electron chi connectivity index (χ4n) is 5.13. The van der Waals surface area contributed by atoms with Crippen molar-refractivity contribution in [2.24, 2.45) is 23.5 Å². The molecule has 2 saturated carbocycles. The highest BCUT2D eigenvalue weighted by Crippen LogP contribution is 2.47. The van der Waals surface area contributed by atoms with Gasteiger partial charge in [0.2, 0.25) is 5.91 Å². The van der Waals surface area contributed by atoms with E-state index in [1.807, 2.05) is 24.5 Å². The second-order valence-electron chi connectivity index (χ2n) is 8.33. The minimum Gasteiger partial charge on any atom is -0.352 e. The van der Waals surface area contributed by atoms with Crippen molar-refractivity contribution in [3.63, 3.8) is 0 Å². The van der Waals surface area contributed by atoms with Crippen LogP contribution in [0.15, 0.2) is 54.9 Å². The third-order valence-electron chi connectivity index (χ3n) is 6.65. The molecule has 4 atom stereocenters. The topological polar surface area (TPSA) is 72.9 Å². The molecule has 1 heterocycles. The highest BCUT2D eigenvalue weighted by molar-refractivity contribution is 5.85. The van der Waals surface area contributed by atoms with E-state index >= 15 is 0 Å². The van der Waals surface area contributed by atoms with E-state index in [1.54, 1.807) is 0 Å². The summed E-state index contributed by atoms with van der Waals surface area (Å²) >= 11 is 0. The van der Waals surface area contributed by atoms with Gasteiger partial charge in [0.05, 0.1) is 23.3 Å². The summed E-state index contributed by atoms with van der Waals surface area (Å²) in [6.45, 7) is 1.35. The van der Waals surface area contributed by atoms with Gasteiger partial charge in [0.1, 0.15) is 0 Å². The number of carbonyl (C=O) groups is 1. The number of nitrogens with zero attached hydrogens (tertiary/aromatic N) is 2. The van der Waals surface area contributed by atoms with E-state index < -0.39 is 0 Å². The van der Waals surface area contributed by atoms with E-state index in [1.165, 1.54) is 12.0 Å². The van der Waals surface area contributed by atoms with Gasteiger partial charge in [-0.15, -0.1) is 24.8 Å². The molecule has 2 aliphatic rings. The minimum atomic E-state index is 0. The molecule has 2 aromatic carbocycles. The number of benzene rings is 2. The Morgan fingerprint density at radius 2 is 1.73 bits per heavy atom. The molecule has 1 aromatic heterocycles. The lowest BCUT2D eigenvalue weighted by Gasteiger charge is -2.27. The lowest BCUT2D eigenvalue weighted by atomic mass is 9.84. The number of halogens is 2. The number of para-hydroxylation sites is 2. The molecular weight excluding hydrogens is 419 g/mol. The Kier molecular flexibility index (Phi) is 7.06. The summed E-state index contributed by atoms with van der Waals surface area (Å²) in [5, 5.41) is 3.11. The van der Waals surface area contributed by atoms with Crippen molar-refractivity contribution in [3.05, 3.63) is 66.0 Å². The lowest BCUT2D eigenvalue weighted by Crippen LogP contribution is -2.45. The molecule has 1 amide bonds. The Morgan fingerprint density at radius 1 is 1.03 bits per heavy atom. The maximum atomic E-state index is 12.6. The molecule has 5 rings (SSSR count). The van der Waals surface area contributed by atoms with E-state index in [0.29, 0.717) is 18.4 Å². The van der Waals surface area contributed by atoms with E-state index in [-0.39, 0.29) is 42.7 Å². The van der Waals surface area contributed by atoms with Gasteiger partial charge in [-0.25, -0.2) is 4.98 Å². The summed E-state index contributed by atoms with van der Waals surface area (Å²) < 4.78 is 2.16. The van der Waals surface area contributed by atoms with Crippen molar-refractivity contribution < 1.29 is 4.79 Å². The zero-order chi connectivity index (χ0) is 19.1. The monoisotopic (exact) mass is 446 g/mol. The molecule has 160 valence electrons.